The maximum absolute atomic E-state index is 14.9. The van der Waals surface area contributed by atoms with Crippen molar-refractivity contribution in [2.45, 2.75) is 26.2 Å². The molecule has 2 heterocycles. The highest BCUT2D eigenvalue weighted by molar-refractivity contribution is 6.40. The molecule has 188 valence electrons. The summed E-state index contributed by atoms with van der Waals surface area (Å²) in [4.78, 5) is 21.7. The summed E-state index contributed by atoms with van der Waals surface area (Å²) in [6, 6.07) is 12.3. The molecule has 0 bridgehead atoms. The van der Waals surface area contributed by atoms with Crippen molar-refractivity contribution in [1.29, 1.82) is 0 Å². The fourth-order valence-electron chi connectivity index (χ4n) is 4.43. The summed E-state index contributed by atoms with van der Waals surface area (Å²) in [6.45, 7) is 3.63. The van der Waals surface area contributed by atoms with Crippen molar-refractivity contribution < 1.29 is 13.6 Å². The Hall–Kier alpha value is -3.62. The third-order valence-electron chi connectivity index (χ3n) is 6.18. The van der Waals surface area contributed by atoms with Crippen molar-refractivity contribution in [2.24, 2.45) is 4.99 Å². The minimum absolute atomic E-state index is 0.0416. The van der Waals surface area contributed by atoms with E-state index >= 15 is 0 Å². The number of fused-ring (bicyclic) bond motifs is 1. The van der Waals surface area contributed by atoms with Crippen LogP contribution < -0.4 is 5.32 Å². The number of rotatable bonds is 6. The average molecular weight is 540 g/mol. The number of aliphatic imine (C=N–C) groups is 1. The highest BCUT2D eigenvalue weighted by Crippen LogP contribution is 2.35. The Morgan fingerprint density at radius 3 is 2.51 bits per heavy atom. The van der Waals surface area contributed by atoms with Crippen molar-refractivity contribution >= 4 is 40.5 Å². The first-order valence-electron chi connectivity index (χ1n) is 11.5. The molecule has 37 heavy (non-hydrogen) atoms. The van der Waals surface area contributed by atoms with Gasteiger partial charge >= 0.3 is 0 Å². The first-order chi connectivity index (χ1) is 17.7. The lowest BCUT2D eigenvalue weighted by molar-refractivity contribution is 0.0952. The second-order valence-corrected chi connectivity index (χ2v) is 9.68. The van der Waals surface area contributed by atoms with Gasteiger partial charge in [0.1, 0.15) is 23.8 Å². The van der Waals surface area contributed by atoms with Crippen LogP contribution in [0.25, 0.3) is 5.69 Å². The van der Waals surface area contributed by atoms with E-state index in [9.17, 15) is 13.6 Å². The Bertz CT molecular complexity index is 1540. The Balaban J connectivity index is 1.45. The van der Waals surface area contributed by atoms with Gasteiger partial charge in [0.15, 0.2) is 0 Å². The number of hydrogen-bond acceptors (Lipinski definition) is 4. The molecule has 0 saturated heterocycles. The minimum Gasteiger partial charge on any atom is -0.351 e. The number of nitrogens with zero attached hydrogens (tertiary/aromatic N) is 4. The summed E-state index contributed by atoms with van der Waals surface area (Å²) in [5.74, 6) is -1.32. The molecule has 3 aromatic carbocycles. The number of aromatic nitrogens is 3. The molecule has 0 saturated carbocycles. The number of amides is 1. The van der Waals surface area contributed by atoms with Gasteiger partial charge in [0.2, 0.25) is 0 Å². The number of halogens is 4. The van der Waals surface area contributed by atoms with Gasteiger partial charge < -0.3 is 5.32 Å². The zero-order valence-corrected chi connectivity index (χ0v) is 21.4. The van der Waals surface area contributed by atoms with Crippen molar-refractivity contribution in [3.8, 4) is 5.69 Å². The smallest absolute Gasteiger partial charge is 0.254 e. The SMILES string of the molecule is CC1=Nc2cc([C@@H](CNC(=O)c3c(Cl)cc(-n4cnc(C)n4)cc3Cl)c3cccc(F)c3)cc(F)c2C1. The zero-order chi connectivity index (χ0) is 26.3. The first kappa shape index (κ1) is 25.0. The lowest BCUT2D eigenvalue weighted by atomic mass is 9.89. The fraction of sp³-hybridized carbons (Fsp3) is 0.185. The second-order valence-electron chi connectivity index (χ2n) is 8.86. The predicted molar refractivity (Wildman–Crippen MR) is 140 cm³/mol. The normalized spacial score (nSPS) is 13.3. The summed E-state index contributed by atoms with van der Waals surface area (Å²) in [7, 11) is 0. The molecule has 1 aliphatic heterocycles. The van der Waals surface area contributed by atoms with Gasteiger partial charge in [-0.2, -0.15) is 5.10 Å². The molecule has 0 unspecified atom stereocenters. The van der Waals surface area contributed by atoms with E-state index in [2.05, 4.69) is 20.4 Å². The van der Waals surface area contributed by atoms with Crippen LogP contribution in [0.3, 0.4) is 0 Å². The molecule has 1 aromatic heterocycles. The number of aryl methyl sites for hydroxylation is 1. The van der Waals surface area contributed by atoms with Crippen molar-refractivity contribution in [3.63, 3.8) is 0 Å². The molecule has 1 N–H and O–H groups in total. The number of benzene rings is 3. The highest BCUT2D eigenvalue weighted by atomic mass is 35.5. The molecule has 10 heteroatoms. The highest BCUT2D eigenvalue weighted by Gasteiger charge is 2.24. The Morgan fingerprint density at radius 2 is 1.84 bits per heavy atom. The Labute approximate surface area is 222 Å². The van der Waals surface area contributed by atoms with Gasteiger partial charge in [0.05, 0.1) is 27.0 Å². The first-order valence-corrected chi connectivity index (χ1v) is 12.2. The van der Waals surface area contributed by atoms with E-state index in [0.717, 1.165) is 5.71 Å². The number of carbonyl (C=O) groups excluding carboxylic acids is 1. The molecule has 1 aliphatic rings. The maximum Gasteiger partial charge on any atom is 0.254 e. The third-order valence-corrected chi connectivity index (χ3v) is 6.78. The molecular formula is C27H21Cl2F2N5O. The standard InChI is InChI=1S/C27H21Cl2F2N5O/c1-14-6-20-24(31)8-17(9-25(20)34-14)21(16-4-3-5-18(30)7-16)12-32-27(37)26-22(28)10-19(11-23(26)29)36-13-33-15(2)35-36/h3-5,7-11,13,21H,6,12H2,1-2H3,(H,32,37)/t21-/m0/s1. The molecule has 0 aliphatic carbocycles. The van der Waals surface area contributed by atoms with E-state index in [0.29, 0.717) is 40.3 Å². The molecule has 1 atom stereocenters. The van der Waals surface area contributed by atoms with E-state index in [1.165, 1.54) is 29.2 Å². The van der Waals surface area contributed by atoms with Gasteiger partial charge in [-0.3, -0.25) is 9.79 Å². The molecule has 0 fully saturated rings. The van der Waals surface area contributed by atoms with Crippen LogP contribution in [0.4, 0.5) is 14.5 Å². The van der Waals surface area contributed by atoms with Gasteiger partial charge in [0.25, 0.3) is 5.91 Å². The molecule has 6 nitrogen and oxygen atoms in total. The van der Waals surface area contributed by atoms with Crippen LogP contribution in [0.1, 0.15) is 45.7 Å². The summed E-state index contributed by atoms with van der Waals surface area (Å²) in [5.41, 5.74) is 3.67. The van der Waals surface area contributed by atoms with Gasteiger partial charge in [0, 0.05) is 30.2 Å². The summed E-state index contributed by atoms with van der Waals surface area (Å²) >= 11 is 12.9. The second kappa shape index (κ2) is 10.0. The summed E-state index contributed by atoms with van der Waals surface area (Å²) in [5, 5.41) is 7.32. The largest absolute Gasteiger partial charge is 0.351 e. The topological polar surface area (TPSA) is 72.2 Å². The van der Waals surface area contributed by atoms with Crippen LogP contribution in [0.15, 0.2) is 59.9 Å². The predicted octanol–water partition coefficient (Wildman–Crippen LogP) is 6.37. The number of nitrogens with one attached hydrogen (secondary N) is 1. The number of hydrogen-bond donors (Lipinski definition) is 1. The van der Waals surface area contributed by atoms with Crippen LogP contribution in [-0.2, 0) is 6.42 Å². The van der Waals surface area contributed by atoms with E-state index < -0.39 is 17.6 Å². The quantitative estimate of drug-likeness (QED) is 0.309. The molecule has 5 rings (SSSR count). The van der Waals surface area contributed by atoms with Gasteiger partial charge in [-0.15, -0.1) is 0 Å². The molecule has 0 spiro atoms. The van der Waals surface area contributed by atoms with Crippen LogP contribution in [0, 0.1) is 18.6 Å². The molecule has 0 radical (unpaired) electrons. The van der Waals surface area contributed by atoms with Crippen LogP contribution in [0.5, 0.6) is 0 Å². The summed E-state index contributed by atoms with van der Waals surface area (Å²) in [6.07, 6.45) is 1.96. The number of carbonyl (C=O) groups is 1. The monoisotopic (exact) mass is 539 g/mol. The fourth-order valence-corrected chi connectivity index (χ4v) is 5.08. The van der Waals surface area contributed by atoms with Gasteiger partial charge in [-0.1, -0.05) is 35.3 Å². The summed E-state index contributed by atoms with van der Waals surface area (Å²) < 4.78 is 30.6. The maximum atomic E-state index is 14.9. The van der Waals surface area contributed by atoms with Crippen molar-refractivity contribution in [1.82, 2.24) is 20.1 Å². The van der Waals surface area contributed by atoms with Crippen LogP contribution in [0.2, 0.25) is 10.0 Å². The van der Waals surface area contributed by atoms with E-state index in [1.807, 2.05) is 6.92 Å². The lowest BCUT2D eigenvalue weighted by Crippen LogP contribution is -2.29. The van der Waals surface area contributed by atoms with E-state index in [1.54, 1.807) is 37.3 Å². The molecule has 1 amide bonds. The zero-order valence-electron chi connectivity index (χ0n) is 19.9. The lowest BCUT2D eigenvalue weighted by Gasteiger charge is -2.20. The van der Waals surface area contributed by atoms with Crippen molar-refractivity contribution in [3.05, 3.63) is 105 Å². The van der Waals surface area contributed by atoms with Gasteiger partial charge in [-0.25, -0.2) is 18.4 Å². The van der Waals surface area contributed by atoms with Crippen molar-refractivity contribution in [2.75, 3.05) is 6.54 Å². The molecular weight excluding hydrogens is 519 g/mol. The van der Waals surface area contributed by atoms with Crippen LogP contribution in [-0.4, -0.2) is 32.9 Å². The minimum atomic E-state index is -0.550. The third kappa shape index (κ3) is 5.12. The van der Waals surface area contributed by atoms with Crippen LogP contribution >= 0.6 is 23.2 Å². The van der Waals surface area contributed by atoms with E-state index in [-0.39, 0.29) is 28.0 Å². The average Bonchev–Trinajstić information content (AvgIpc) is 3.44. The molecule has 4 aromatic rings. The Kier molecular flexibility index (Phi) is 6.79. The van der Waals surface area contributed by atoms with E-state index in [4.69, 9.17) is 23.2 Å². The Morgan fingerprint density at radius 1 is 1.08 bits per heavy atom. The van der Waals surface area contributed by atoms with Gasteiger partial charge in [-0.05, 0) is 61.4 Å².